The van der Waals surface area contributed by atoms with E-state index in [0.717, 1.165) is 25.9 Å². The number of urea groups is 1. The van der Waals surface area contributed by atoms with Crippen LogP contribution in [0.1, 0.15) is 39.0 Å². The number of hydrogen-bond acceptors (Lipinski definition) is 3. The molecule has 0 bridgehead atoms. The fourth-order valence-electron chi connectivity index (χ4n) is 2.43. The van der Waals surface area contributed by atoms with Crippen molar-refractivity contribution >= 4 is 12.0 Å². The molecule has 1 aliphatic heterocycles. The molecule has 18 heavy (non-hydrogen) atoms. The van der Waals surface area contributed by atoms with Crippen molar-refractivity contribution in [2.45, 2.75) is 50.2 Å². The number of carboxylic acids is 1. The van der Waals surface area contributed by atoms with Crippen LogP contribution in [0.15, 0.2) is 0 Å². The Bertz CT molecular complexity index is 346. The Morgan fingerprint density at radius 1 is 1.28 bits per heavy atom. The molecule has 1 atom stereocenters. The number of aliphatic carboxylic acids is 1. The lowest BCUT2D eigenvalue weighted by atomic mass is 9.77. The van der Waals surface area contributed by atoms with Gasteiger partial charge in [0.05, 0.1) is 5.60 Å². The van der Waals surface area contributed by atoms with E-state index < -0.39 is 17.5 Å². The molecule has 6 heteroatoms. The van der Waals surface area contributed by atoms with Gasteiger partial charge in [0.2, 0.25) is 0 Å². The van der Waals surface area contributed by atoms with Crippen molar-refractivity contribution in [1.29, 1.82) is 0 Å². The number of carboxylic acid groups (broad SMARTS) is 1. The second kappa shape index (κ2) is 4.76. The van der Waals surface area contributed by atoms with Crippen molar-refractivity contribution in [2.75, 3.05) is 13.2 Å². The quantitative estimate of drug-likeness (QED) is 0.696. The molecule has 0 aromatic carbocycles. The molecule has 1 saturated heterocycles. The minimum absolute atomic E-state index is 0.312. The second-order valence-corrected chi connectivity index (χ2v) is 5.45. The molecule has 0 aromatic heterocycles. The summed E-state index contributed by atoms with van der Waals surface area (Å²) in [4.78, 5) is 22.8. The van der Waals surface area contributed by atoms with Crippen LogP contribution in [-0.4, -0.2) is 41.4 Å². The van der Waals surface area contributed by atoms with E-state index in [4.69, 9.17) is 9.84 Å². The summed E-state index contributed by atoms with van der Waals surface area (Å²) in [6.07, 6.45) is 3.76. The van der Waals surface area contributed by atoms with Crippen LogP contribution in [0.25, 0.3) is 0 Å². The lowest BCUT2D eigenvalue weighted by Gasteiger charge is -2.38. The third-order valence-corrected chi connectivity index (χ3v) is 3.89. The van der Waals surface area contributed by atoms with E-state index in [1.54, 1.807) is 0 Å². The normalized spacial score (nSPS) is 29.4. The van der Waals surface area contributed by atoms with Gasteiger partial charge in [-0.25, -0.2) is 9.59 Å². The highest BCUT2D eigenvalue weighted by Gasteiger charge is 2.45. The van der Waals surface area contributed by atoms with Crippen LogP contribution in [0.4, 0.5) is 4.79 Å². The van der Waals surface area contributed by atoms with Crippen molar-refractivity contribution in [1.82, 2.24) is 10.6 Å². The number of nitrogens with one attached hydrogen (secondary N) is 2. The topological polar surface area (TPSA) is 87.7 Å². The maximum Gasteiger partial charge on any atom is 0.329 e. The van der Waals surface area contributed by atoms with Gasteiger partial charge in [0.25, 0.3) is 0 Å². The molecule has 3 N–H and O–H groups in total. The van der Waals surface area contributed by atoms with Gasteiger partial charge in [0, 0.05) is 13.2 Å². The van der Waals surface area contributed by atoms with E-state index in [-0.39, 0.29) is 5.60 Å². The van der Waals surface area contributed by atoms with E-state index in [1.165, 1.54) is 0 Å². The molecular formula is C12H20N2O4. The van der Waals surface area contributed by atoms with Gasteiger partial charge in [-0.15, -0.1) is 0 Å². The molecule has 1 aliphatic carbocycles. The maximum absolute atomic E-state index is 11.7. The molecule has 1 heterocycles. The van der Waals surface area contributed by atoms with Crippen molar-refractivity contribution in [2.24, 2.45) is 0 Å². The highest BCUT2D eigenvalue weighted by atomic mass is 16.5. The third-order valence-electron chi connectivity index (χ3n) is 3.89. The van der Waals surface area contributed by atoms with Crippen LogP contribution in [0.3, 0.4) is 0 Å². The Balaban J connectivity index is 1.80. The summed E-state index contributed by atoms with van der Waals surface area (Å²) in [5.74, 6) is -0.952. The third kappa shape index (κ3) is 2.58. The number of carbonyl (C=O) groups excluding carboxylic acids is 1. The Hall–Kier alpha value is -1.30. The summed E-state index contributed by atoms with van der Waals surface area (Å²) in [7, 11) is 0. The van der Waals surface area contributed by atoms with Gasteiger partial charge < -0.3 is 20.5 Å². The molecule has 6 nitrogen and oxygen atoms in total. The zero-order valence-electron chi connectivity index (χ0n) is 10.6. The van der Waals surface area contributed by atoms with Gasteiger partial charge in [0.15, 0.2) is 0 Å². The van der Waals surface area contributed by atoms with Crippen molar-refractivity contribution < 1.29 is 19.4 Å². The van der Waals surface area contributed by atoms with Crippen LogP contribution in [0.5, 0.6) is 0 Å². The summed E-state index contributed by atoms with van der Waals surface area (Å²) < 4.78 is 5.55. The first-order valence-electron chi connectivity index (χ1n) is 6.39. The molecule has 2 rings (SSSR count). The summed E-state index contributed by atoms with van der Waals surface area (Å²) in [6.45, 7) is 3.09. The fraction of sp³-hybridized carbons (Fsp3) is 0.833. The zero-order valence-corrected chi connectivity index (χ0v) is 10.6. The van der Waals surface area contributed by atoms with Crippen molar-refractivity contribution in [3.8, 4) is 0 Å². The zero-order chi connectivity index (χ0) is 13.2. The summed E-state index contributed by atoms with van der Waals surface area (Å²) >= 11 is 0. The summed E-state index contributed by atoms with van der Waals surface area (Å²) in [6, 6.07) is -0.422. The molecular weight excluding hydrogens is 236 g/mol. The highest BCUT2D eigenvalue weighted by molar-refractivity contribution is 5.87. The van der Waals surface area contributed by atoms with Crippen LogP contribution in [-0.2, 0) is 9.53 Å². The number of amides is 2. The first-order chi connectivity index (χ1) is 8.46. The SMILES string of the molecule is CC1(CNC(=O)NC2(C(=O)O)CCC2)CCCO1. The minimum Gasteiger partial charge on any atom is -0.480 e. The Labute approximate surface area is 106 Å². The first-order valence-corrected chi connectivity index (χ1v) is 6.39. The molecule has 1 saturated carbocycles. The molecule has 0 spiro atoms. The fourth-order valence-corrected chi connectivity index (χ4v) is 2.43. The van der Waals surface area contributed by atoms with E-state index in [9.17, 15) is 9.59 Å². The minimum atomic E-state index is -1.05. The van der Waals surface area contributed by atoms with Gasteiger partial charge in [-0.3, -0.25) is 0 Å². The number of rotatable bonds is 4. The number of hydrogen-bond donors (Lipinski definition) is 3. The summed E-state index contributed by atoms with van der Waals surface area (Å²) in [5, 5.41) is 14.4. The first kappa shape index (κ1) is 13.1. The van der Waals surface area contributed by atoms with Gasteiger partial charge >= 0.3 is 12.0 Å². The number of carbonyl (C=O) groups is 2. The predicted octanol–water partition coefficient (Wildman–Crippen LogP) is 0.862. The van der Waals surface area contributed by atoms with Crippen LogP contribution < -0.4 is 10.6 Å². The van der Waals surface area contributed by atoms with E-state index in [1.807, 2.05) is 6.92 Å². The van der Waals surface area contributed by atoms with Crippen LogP contribution in [0.2, 0.25) is 0 Å². The van der Waals surface area contributed by atoms with Crippen LogP contribution >= 0.6 is 0 Å². The highest BCUT2D eigenvalue weighted by Crippen LogP contribution is 2.32. The largest absolute Gasteiger partial charge is 0.480 e. The molecule has 0 aromatic rings. The Morgan fingerprint density at radius 2 is 2.00 bits per heavy atom. The Kier molecular flexibility index (Phi) is 3.47. The summed E-state index contributed by atoms with van der Waals surface area (Å²) in [5.41, 5.74) is -1.37. The van der Waals surface area contributed by atoms with Gasteiger partial charge in [0.1, 0.15) is 5.54 Å². The van der Waals surface area contributed by atoms with E-state index in [0.29, 0.717) is 19.4 Å². The van der Waals surface area contributed by atoms with E-state index >= 15 is 0 Å². The predicted molar refractivity (Wildman–Crippen MR) is 64.3 cm³/mol. The van der Waals surface area contributed by atoms with Crippen LogP contribution in [0, 0.1) is 0 Å². The molecule has 2 aliphatic rings. The monoisotopic (exact) mass is 256 g/mol. The average molecular weight is 256 g/mol. The Morgan fingerprint density at radius 3 is 2.44 bits per heavy atom. The molecule has 102 valence electrons. The number of ether oxygens (including phenoxy) is 1. The molecule has 0 radical (unpaired) electrons. The lowest BCUT2D eigenvalue weighted by Crippen LogP contribution is -2.61. The lowest BCUT2D eigenvalue weighted by molar-refractivity contribution is -0.148. The standard InChI is InChI=1S/C12H20N2O4/c1-11(4-3-7-18-11)8-13-10(17)14-12(9(15)16)5-2-6-12/h2-8H2,1H3,(H,15,16)(H2,13,14,17). The maximum atomic E-state index is 11.7. The second-order valence-electron chi connectivity index (χ2n) is 5.45. The van der Waals surface area contributed by atoms with Gasteiger partial charge in [-0.2, -0.15) is 0 Å². The molecule has 2 fully saturated rings. The van der Waals surface area contributed by atoms with Gasteiger partial charge in [-0.1, -0.05) is 0 Å². The average Bonchev–Trinajstić information content (AvgIpc) is 2.68. The van der Waals surface area contributed by atoms with Crippen molar-refractivity contribution in [3.63, 3.8) is 0 Å². The molecule has 1 unspecified atom stereocenters. The smallest absolute Gasteiger partial charge is 0.329 e. The molecule has 2 amide bonds. The van der Waals surface area contributed by atoms with Crippen molar-refractivity contribution in [3.05, 3.63) is 0 Å². The van der Waals surface area contributed by atoms with Gasteiger partial charge in [-0.05, 0) is 39.0 Å². The van der Waals surface area contributed by atoms with E-state index in [2.05, 4.69) is 10.6 Å².